The second-order valence-corrected chi connectivity index (χ2v) is 8.87. The van der Waals surface area contributed by atoms with Gasteiger partial charge in [-0.3, -0.25) is 4.79 Å². The number of aryl methyl sites for hydroxylation is 1. The van der Waals surface area contributed by atoms with E-state index in [0.717, 1.165) is 29.6 Å². The van der Waals surface area contributed by atoms with Crippen LogP contribution in [0.25, 0.3) is 10.2 Å². The summed E-state index contributed by atoms with van der Waals surface area (Å²) < 4.78 is 24.3. The summed E-state index contributed by atoms with van der Waals surface area (Å²) in [6.45, 7) is 0.512. The van der Waals surface area contributed by atoms with Crippen molar-refractivity contribution in [3.63, 3.8) is 0 Å². The molecule has 0 saturated carbocycles. The molecule has 0 spiro atoms. The summed E-state index contributed by atoms with van der Waals surface area (Å²) in [5, 5.41) is 3.88. The van der Waals surface area contributed by atoms with Gasteiger partial charge in [-0.2, -0.15) is 0 Å². The maximum atomic E-state index is 12.2. The number of thiazole rings is 1. The molecule has 0 fully saturated rings. The van der Waals surface area contributed by atoms with E-state index in [2.05, 4.69) is 10.3 Å². The zero-order valence-electron chi connectivity index (χ0n) is 13.7. The molecule has 0 aliphatic rings. The van der Waals surface area contributed by atoms with Gasteiger partial charge in [0.2, 0.25) is 0 Å². The second-order valence-electron chi connectivity index (χ2n) is 5.73. The fourth-order valence-corrected chi connectivity index (χ4v) is 4.11. The van der Waals surface area contributed by atoms with Crippen LogP contribution in [0, 0.1) is 0 Å². The molecule has 3 aromatic rings. The predicted octanol–water partition coefficient (Wildman–Crippen LogP) is 3.06. The number of para-hydroxylation sites is 1. The van der Waals surface area contributed by atoms with E-state index in [9.17, 15) is 13.2 Å². The van der Waals surface area contributed by atoms with Gasteiger partial charge < -0.3 is 5.32 Å². The molecule has 130 valence electrons. The zero-order chi connectivity index (χ0) is 17.9. The van der Waals surface area contributed by atoms with Gasteiger partial charge in [0.15, 0.2) is 9.84 Å². The summed E-state index contributed by atoms with van der Waals surface area (Å²) in [5.41, 5.74) is 1.35. The van der Waals surface area contributed by atoms with E-state index >= 15 is 0 Å². The Morgan fingerprint density at radius 1 is 1.16 bits per heavy atom. The highest BCUT2D eigenvalue weighted by Crippen LogP contribution is 2.22. The normalized spacial score (nSPS) is 11.6. The summed E-state index contributed by atoms with van der Waals surface area (Å²) >= 11 is 1.67. The van der Waals surface area contributed by atoms with E-state index in [1.807, 2.05) is 24.3 Å². The molecule has 0 aliphatic heterocycles. The average molecular weight is 374 g/mol. The number of amides is 1. The molecule has 0 unspecified atom stereocenters. The smallest absolute Gasteiger partial charge is 0.251 e. The first-order valence-electron chi connectivity index (χ1n) is 7.86. The highest BCUT2D eigenvalue weighted by atomic mass is 32.2. The molecule has 0 bridgehead atoms. The van der Waals surface area contributed by atoms with Crippen molar-refractivity contribution in [3.05, 3.63) is 59.1 Å². The average Bonchev–Trinajstić information content (AvgIpc) is 3.00. The monoisotopic (exact) mass is 374 g/mol. The number of nitrogens with zero attached hydrogens (tertiary/aromatic N) is 1. The first-order valence-corrected chi connectivity index (χ1v) is 10.6. The lowest BCUT2D eigenvalue weighted by atomic mass is 10.2. The first kappa shape index (κ1) is 17.6. The number of sulfone groups is 1. The number of carbonyl (C=O) groups excluding carboxylic acids is 1. The van der Waals surface area contributed by atoms with Crippen LogP contribution >= 0.6 is 11.3 Å². The van der Waals surface area contributed by atoms with Gasteiger partial charge in [-0.05, 0) is 36.8 Å². The van der Waals surface area contributed by atoms with Crippen molar-refractivity contribution in [2.24, 2.45) is 0 Å². The number of carbonyl (C=O) groups is 1. The fraction of sp³-hybridized carbons (Fsp3) is 0.222. The zero-order valence-corrected chi connectivity index (χ0v) is 15.4. The van der Waals surface area contributed by atoms with Crippen LogP contribution in [0.2, 0.25) is 0 Å². The summed E-state index contributed by atoms with van der Waals surface area (Å²) in [7, 11) is -3.32. The van der Waals surface area contributed by atoms with Crippen LogP contribution in [-0.4, -0.2) is 32.1 Å². The molecule has 1 aromatic heterocycles. The van der Waals surface area contributed by atoms with Crippen molar-refractivity contribution in [2.75, 3.05) is 12.8 Å². The number of rotatable bonds is 6. The number of benzene rings is 2. The number of aromatic nitrogens is 1. The Hall–Kier alpha value is -2.25. The van der Waals surface area contributed by atoms with Crippen molar-refractivity contribution in [2.45, 2.75) is 17.7 Å². The van der Waals surface area contributed by atoms with Crippen LogP contribution in [-0.2, 0) is 16.3 Å². The molecule has 1 heterocycles. The van der Waals surface area contributed by atoms with Crippen LogP contribution < -0.4 is 5.32 Å². The van der Waals surface area contributed by atoms with Crippen molar-refractivity contribution >= 4 is 37.3 Å². The first-order chi connectivity index (χ1) is 11.9. The Bertz CT molecular complexity index is 977. The molecule has 3 rings (SSSR count). The Morgan fingerprint density at radius 2 is 1.96 bits per heavy atom. The lowest BCUT2D eigenvalue weighted by molar-refractivity contribution is 0.0953. The second kappa shape index (κ2) is 7.33. The molecule has 2 aromatic carbocycles. The minimum atomic E-state index is -3.32. The third kappa shape index (κ3) is 4.43. The Labute approximate surface area is 150 Å². The molecule has 0 atom stereocenters. The number of fused-ring (bicyclic) bond motifs is 1. The topological polar surface area (TPSA) is 76.1 Å². The highest BCUT2D eigenvalue weighted by Gasteiger charge is 2.11. The minimum Gasteiger partial charge on any atom is -0.352 e. The Morgan fingerprint density at radius 3 is 2.72 bits per heavy atom. The predicted molar refractivity (Wildman–Crippen MR) is 99.8 cm³/mol. The largest absolute Gasteiger partial charge is 0.352 e. The Kier molecular flexibility index (Phi) is 5.15. The van der Waals surface area contributed by atoms with E-state index in [1.54, 1.807) is 23.5 Å². The van der Waals surface area contributed by atoms with Crippen molar-refractivity contribution in [1.82, 2.24) is 10.3 Å². The van der Waals surface area contributed by atoms with E-state index in [-0.39, 0.29) is 10.8 Å². The standard InChI is InChI=1S/C18H18N2O3S2/c1-25(22,23)14-7-4-6-13(12-14)18(21)19-11-5-10-17-20-15-8-2-3-9-16(15)24-17/h2-4,6-9,12H,5,10-11H2,1H3,(H,19,21). The van der Waals surface area contributed by atoms with Gasteiger partial charge >= 0.3 is 0 Å². The molecule has 0 aliphatic carbocycles. The van der Waals surface area contributed by atoms with Gasteiger partial charge in [-0.1, -0.05) is 18.2 Å². The Balaban J connectivity index is 1.54. The molecule has 5 nitrogen and oxygen atoms in total. The number of hydrogen-bond acceptors (Lipinski definition) is 5. The SMILES string of the molecule is CS(=O)(=O)c1cccc(C(=O)NCCCc2nc3ccccc3s2)c1. The maximum Gasteiger partial charge on any atom is 0.251 e. The lowest BCUT2D eigenvalue weighted by Gasteiger charge is -2.06. The molecule has 1 amide bonds. The third-order valence-electron chi connectivity index (χ3n) is 3.72. The summed E-state index contributed by atoms with van der Waals surface area (Å²) in [4.78, 5) is 16.9. The molecular weight excluding hydrogens is 356 g/mol. The van der Waals surface area contributed by atoms with Crippen LogP contribution in [0.15, 0.2) is 53.4 Å². The van der Waals surface area contributed by atoms with E-state index in [1.165, 1.54) is 16.8 Å². The summed E-state index contributed by atoms with van der Waals surface area (Å²) in [6, 6.07) is 14.1. The van der Waals surface area contributed by atoms with Crippen molar-refractivity contribution < 1.29 is 13.2 Å². The highest BCUT2D eigenvalue weighted by molar-refractivity contribution is 7.90. The molecule has 7 heteroatoms. The van der Waals surface area contributed by atoms with Gasteiger partial charge in [0.25, 0.3) is 5.91 Å². The summed E-state index contributed by atoms with van der Waals surface area (Å²) in [5.74, 6) is -0.269. The summed E-state index contributed by atoms with van der Waals surface area (Å²) in [6.07, 6.45) is 2.70. The van der Waals surface area contributed by atoms with E-state index in [0.29, 0.717) is 12.1 Å². The van der Waals surface area contributed by atoms with Crippen LogP contribution in [0.1, 0.15) is 21.8 Å². The van der Waals surface area contributed by atoms with Gasteiger partial charge in [-0.25, -0.2) is 13.4 Å². The van der Waals surface area contributed by atoms with Crippen LogP contribution in [0.4, 0.5) is 0 Å². The van der Waals surface area contributed by atoms with Crippen molar-refractivity contribution in [1.29, 1.82) is 0 Å². The fourth-order valence-electron chi connectivity index (χ4n) is 2.44. The molecular formula is C18H18N2O3S2. The molecule has 0 radical (unpaired) electrons. The van der Waals surface area contributed by atoms with Gasteiger partial charge in [0.05, 0.1) is 20.1 Å². The third-order valence-corrected chi connectivity index (χ3v) is 5.92. The molecule has 25 heavy (non-hydrogen) atoms. The van der Waals surface area contributed by atoms with Crippen LogP contribution in [0.3, 0.4) is 0 Å². The quantitative estimate of drug-likeness (QED) is 0.673. The number of nitrogens with one attached hydrogen (secondary N) is 1. The van der Waals surface area contributed by atoms with Crippen molar-refractivity contribution in [3.8, 4) is 0 Å². The van der Waals surface area contributed by atoms with Crippen LogP contribution in [0.5, 0.6) is 0 Å². The van der Waals surface area contributed by atoms with Gasteiger partial charge in [0, 0.05) is 24.8 Å². The van der Waals surface area contributed by atoms with Gasteiger partial charge in [-0.15, -0.1) is 11.3 Å². The maximum absolute atomic E-state index is 12.2. The van der Waals surface area contributed by atoms with Gasteiger partial charge in [0.1, 0.15) is 0 Å². The lowest BCUT2D eigenvalue weighted by Crippen LogP contribution is -2.24. The number of hydrogen-bond donors (Lipinski definition) is 1. The molecule has 1 N–H and O–H groups in total. The minimum absolute atomic E-state index is 0.148. The van der Waals surface area contributed by atoms with E-state index < -0.39 is 9.84 Å². The molecule has 0 saturated heterocycles. The van der Waals surface area contributed by atoms with E-state index in [4.69, 9.17) is 0 Å².